The largest absolute Gasteiger partial charge is 0.485 e. The molecule has 1 aromatic heterocycles. The number of thioether (sulfide) groups is 1. The van der Waals surface area contributed by atoms with Crippen LogP contribution in [0.1, 0.15) is 56.5 Å². The summed E-state index contributed by atoms with van der Waals surface area (Å²) in [6, 6.07) is 5.95. The van der Waals surface area contributed by atoms with E-state index in [0.29, 0.717) is 17.7 Å². The second-order valence-corrected chi connectivity index (χ2v) is 9.50. The molecular formula is C21H29ClN4O2S. The van der Waals surface area contributed by atoms with E-state index in [1.54, 1.807) is 19.0 Å². The minimum Gasteiger partial charge on any atom is -0.485 e. The molecule has 1 saturated carbocycles. The number of hydrogen-bond acceptors (Lipinski definition) is 5. The van der Waals surface area contributed by atoms with Crippen molar-refractivity contribution in [1.29, 1.82) is 0 Å². The molecule has 0 aliphatic heterocycles. The van der Waals surface area contributed by atoms with Crippen LogP contribution < -0.4 is 4.74 Å². The van der Waals surface area contributed by atoms with Crippen molar-refractivity contribution in [3.8, 4) is 5.75 Å². The summed E-state index contributed by atoms with van der Waals surface area (Å²) in [4.78, 5) is 13.9. The number of benzene rings is 1. The van der Waals surface area contributed by atoms with Gasteiger partial charge in [-0.2, -0.15) is 0 Å². The van der Waals surface area contributed by atoms with Crippen LogP contribution in [-0.4, -0.2) is 44.9 Å². The van der Waals surface area contributed by atoms with Crippen molar-refractivity contribution >= 4 is 29.3 Å². The Bertz CT molecular complexity index is 849. The van der Waals surface area contributed by atoms with Gasteiger partial charge in [-0.3, -0.25) is 9.36 Å². The molecule has 6 nitrogen and oxygen atoms in total. The van der Waals surface area contributed by atoms with Crippen molar-refractivity contribution in [2.75, 3.05) is 14.1 Å². The van der Waals surface area contributed by atoms with Gasteiger partial charge in [0.25, 0.3) is 0 Å². The molecule has 2 aromatic rings. The molecule has 1 fully saturated rings. The highest BCUT2D eigenvalue weighted by atomic mass is 35.5. The molecule has 1 atom stereocenters. The van der Waals surface area contributed by atoms with Gasteiger partial charge in [0.15, 0.2) is 11.0 Å². The summed E-state index contributed by atoms with van der Waals surface area (Å²) in [5.74, 6) is 1.67. The Labute approximate surface area is 182 Å². The Balaban J connectivity index is 1.82. The van der Waals surface area contributed by atoms with Crippen LogP contribution in [0.15, 0.2) is 23.4 Å². The lowest BCUT2D eigenvalue weighted by Crippen LogP contribution is -2.30. The molecule has 158 valence electrons. The standard InChI is InChI=1S/C21H29ClN4O2S/c1-14-12-16(22)10-11-18(14)28-13-19-23-24-21(29-15(2)20(27)25(3)4)26(19)17-8-6-5-7-9-17/h10-12,15,17H,5-9,13H2,1-4H3/t15-/m0/s1. The monoisotopic (exact) mass is 436 g/mol. The molecule has 0 N–H and O–H groups in total. The second kappa shape index (κ2) is 9.85. The average Bonchev–Trinajstić information content (AvgIpc) is 3.09. The van der Waals surface area contributed by atoms with Crippen molar-refractivity contribution in [3.63, 3.8) is 0 Å². The maximum absolute atomic E-state index is 12.3. The highest BCUT2D eigenvalue weighted by Crippen LogP contribution is 2.34. The summed E-state index contributed by atoms with van der Waals surface area (Å²) < 4.78 is 8.25. The third kappa shape index (κ3) is 5.45. The third-order valence-electron chi connectivity index (χ3n) is 5.24. The zero-order valence-electron chi connectivity index (χ0n) is 17.5. The van der Waals surface area contributed by atoms with Crippen LogP contribution in [0.2, 0.25) is 5.02 Å². The molecule has 1 heterocycles. The second-order valence-electron chi connectivity index (χ2n) is 7.75. The fraction of sp³-hybridized carbons (Fsp3) is 0.571. The Morgan fingerprint density at radius 3 is 2.69 bits per heavy atom. The number of carbonyl (C=O) groups excluding carboxylic acids is 1. The normalized spacial score (nSPS) is 15.9. The zero-order chi connectivity index (χ0) is 21.0. The summed E-state index contributed by atoms with van der Waals surface area (Å²) in [7, 11) is 3.55. The van der Waals surface area contributed by atoms with E-state index >= 15 is 0 Å². The van der Waals surface area contributed by atoms with Gasteiger partial charge in [-0.1, -0.05) is 42.6 Å². The first kappa shape index (κ1) is 22.0. The molecule has 3 rings (SSSR count). The number of aryl methyl sites for hydroxylation is 1. The Morgan fingerprint density at radius 1 is 1.31 bits per heavy atom. The van der Waals surface area contributed by atoms with Gasteiger partial charge in [0.2, 0.25) is 5.91 Å². The maximum atomic E-state index is 12.3. The van der Waals surface area contributed by atoms with Crippen molar-refractivity contribution in [3.05, 3.63) is 34.6 Å². The van der Waals surface area contributed by atoms with E-state index in [1.807, 2.05) is 32.0 Å². The van der Waals surface area contributed by atoms with Crippen LogP contribution in [0.25, 0.3) is 0 Å². The van der Waals surface area contributed by atoms with Gasteiger partial charge in [-0.05, 0) is 50.5 Å². The molecule has 0 bridgehead atoms. The van der Waals surface area contributed by atoms with Crippen molar-refractivity contribution in [2.24, 2.45) is 0 Å². The van der Waals surface area contributed by atoms with Crippen molar-refractivity contribution < 1.29 is 9.53 Å². The zero-order valence-corrected chi connectivity index (χ0v) is 19.1. The van der Waals surface area contributed by atoms with E-state index in [2.05, 4.69) is 14.8 Å². The highest BCUT2D eigenvalue weighted by Gasteiger charge is 2.26. The number of halogens is 1. The molecule has 1 amide bonds. The van der Waals surface area contributed by atoms with Crippen molar-refractivity contribution in [1.82, 2.24) is 19.7 Å². The number of rotatable bonds is 7. The minimum absolute atomic E-state index is 0.0720. The summed E-state index contributed by atoms with van der Waals surface area (Å²) in [5.41, 5.74) is 0.987. The molecule has 0 spiro atoms. The van der Waals surface area contributed by atoms with E-state index in [0.717, 1.165) is 35.1 Å². The van der Waals surface area contributed by atoms with Crippen LogP contribution in [0.5, 0.6) is 5.75 Å². The van der Waals surface area contributed by atoms with Gasteiger partial charge in [0.05, 0.1) is 5.25 Å². The predicted octanol–water partition coefficient (Wildman–Crippen LogP) is 4.89. The van der Waals surface area contributed by atoms with Crippen LogP contribution in [0.4, 0.5) is 0 Å². The number of aromatic nitrogens is 3. The Kier molecular flexibility index (Phi) is 7.46. The lowest BCUT2D eigenvalue weighted by atomic mass is 9.95. The highest BCUT2D eigenvalue weighted by molar-refractivity contribution is 8.00. The topological polar surface area (TPSA) is 60.3 Å². The van der Waals surface area contributed by atoms with E-state index in [-0.39, 0.29) is 11.2 Å². The van der Waals surface area contributed by atoms with Gasteiger partial charge in [-0.15, -0.1) is 10.2 Å². The van der Waals surface area contributed by atoms with Crippen LogP contribution >= 0.6 is 23.4 Å². The third-order valence-corrected chi connectivity index (χ3v) is 6.52. The van der Waals surface area contributed by atoms with E-state index in [4.69, 9.17) is 16.3 Å². The first-order chi connectivity index (χ1) is 13.9. The van der Waals surface area contributed by atoms with E-state index < -0.39 is 0 Å². The fourth-order valence-electron chi connectivity index (χ4n) is 3.68. The SMILES string of the molecule is Cc1cc(Cl)ccc1OCc1nnc(S[C@@H](C)C(=O)N(C)C)n1C1CCCCC1. The van der Waals surface area contributed by atoms with Crippen LogP contribution in [0.3, 0.4) is 0 Å². The molecule has 29 heavy (non-hydrogen) atoms. The first-order valence-corrected chi connectivity index (χ1v) is 11.3. The molecule has 0 saturated heterocycles. The lowest BCUT2D eigenvalue weighted by Gasteiger charge is -2.26. The summed E-state index contributed by atoms with van der Waals surface area (Å²) >= 11 is 7.52. The number of amides is 1. The Morgan fingerprint density at radius 2 is 2.03 bits per heavy atom. The predicted molar refractivity (Wildman–Crippen MR) is 117 cm³/mol. The number of ether oxygens (including phenoxy) is 1. The van der Waals surface area contributed by atoms with Gasteiger partial charge in [0, 0.05) is 25.2 Å². The molecule has 1 aliphatic carbocycles. The van der Waals surface area contributed by atoms with Gasteiger partial charge in [-0.25, -0.2) is 0 Å². The molecule has 0 radical (unpaired) electrons. The molecule has 8 heteroatoms. The van der Waals surface area contributed by atoms with Gasteiger partial charge >= 0.3 is 0 Å². The quantitative estimate of drug-likeness (QED) is 0.578. The van der Waals surface area contributed by atoms with Gasteiger partial charge in [0.1, 0.15) is 12.4 Å². The van der Waals surface area contributed by atoms with Crippen LogP contribution in [-0.2, 0) is 11.4 Å². The lowest BCUT2D eigenvalue weighted by molar-refractivity contribution is -0.127. The maximum Gasteiger partial charge on any atom is 0.235 e. The number of carbonyl (C=O) groups is 1. The average molecular weight is 437 g/mol. The van der Waals surface area contributed by atoms with E-state index in [1.165, 1.54) is 31.0 Å². The van der Waals surface area contributed by atoms with E-state index in [9.17, 15) is 4.79 Å². The summed E-state index contributed by atoms with van der Waals surface area (Å²) in [5, 5.41) is 10.1. The smallest absolute Gasteiger partial charge is 0.235 e. The summed E-state index contributed by atoms with van der Waals surface area (Å²) in [6.45, 7) is 4.23. The molecule has 1 aromatic carbocycles. The molecular weight excluding hydrogens is 408 g/mol. The summed E-state index contributed by atoms with van der Waals surface area (Å²) in [6.07, 6.45) is 5.89. The number of hydrogen-bond donors (Lipinski definition) is 0. The molecule has 1 aliphatic rings. The Hall–Kier alpha value is -1.73. The minimum atomic E-state index is -0.219. The van der Waals surface area contributed by atoms with Crippen LogP contribution in [0, 0.1) is 6.92 Å². The van der Waals surface area contributed by atoms with Crippen molar-refractivity contribution in [2.45, 2.75) is 69.0 Å². The molecule has 0 unspecified atom stereocenters. The first-order valence-electron chi connectivity index (χ1n) is 10.1. The number of nitrogens with zero attached hydrogens (tertiary/aromatic N) is 4. The fourth-order valence-corrected chi connectivity index (χ4v) is 4.99. The van der Waals surface area contributed by atoms with Gasteiger partial charge < -0.3 is 9.64 Å².